The number of hydrogen-bond donors (Lipinski definition) is 3. The summed E-state index contributed by atoms with van der Waals surface area (Å²) >= 11 is 0. The summed E-state index contributed by atoms with van der Waals surface area (Å²) in [6.07, 6.45) is 1.14. The Bertz CT molecular complexity index is 646. The molecule has 116 valence electrons. The highest BCUT2D eigenvalue weighted by Gasteiger charge is 2.10. The van der Waals surface area contributed by atoms with Crippen molar-refractivity contribution >= 4 is 33.2 Å². The van der Waals surface area contributed by atoms with E-state index >= 15 is 0 Å². The third-order valence-electron chi connectivity index (χ3n) is 2.31. The molecule has 0 fully saturated rings. The number of carbonyl (C=O) groups excluding carboxylic acids is 2. The average Bonchev–Trinajstić information content (AvgIpc) is 2.38. The van der Waals surface area contributed by atoms with Crippen LogP contribution in [-0.4, -0.2) is 33.0 Å². The van der Waals surface area contributed by atoms with Crippen LogP contribution in [0.1, 0.15) is 13.3 Å². The molecule has 0 aliphatic rings. The van der Waals surface area contributed by atoms with Gasteiger partial charge in [-0.1, -0.05) is 6.92 Å². The second-order valence-corrected chi connectivity index (χ2v) is 6.00. The van der Waals surface area contributed by atoms with Gasteiger partial charge >= 0.3 is 0 Å². The number of anilines is 2. The van der Waals surface area contributed by atoms with E-state index in [2.05, 4.69) is 10.6 Å². The van der Waals surface area contributed by atoms with Gasteiger partial charge in [0.25, 0.3) is 0 Å². The van der Waals surface area contributed by atoms with Crippen LogP contribution in [0, 0.1) is 5.82 Å². The molecule has 7 nitrogen and oxygen atoms in total. The normalized spacial score (nSPS) is 10.8. The Kier molecular flexibility index (Phi) is 5.65. The zero-order valence-corrected chi connectivity index (χ0v) is 12.4. The van der Waals surface area contributed by atoms with Crippen molar-refractivity contribution in [2.24, 2.45) is 0 Å². The number of rotatable bonds is 6. The molecule has 3 N–H and O–H groups in total. The van der Waals surface area contributed by atoms with Crippen LogP contribution in [-0.2, 0) is 19.6 Å². The molecule has 0 atom stereocenters. The number of nitrogens with one attached hydrogen (secondary N) is 3. The predicted molar refractivity (Wildman–Crippen MR) is 76.8 cm³/mol. The van der Waals surface area contributed by atoms with Gasteiger partial charge in [-0.3, -0.25) is 14.3 Å². The molecule has 0 aromatic heterocycles. The minimum Gasteiger partial charge on any atom is -0.347 e. The summed E-state index contributed by atoms with van der Waals surface area (Å²) in [7, 11) is -3.63. The van der Waals surface area contributed by atoms with Gasteiger partial charge in [-0.2, -0.15) is 0 Å². The summed E-state index contributed by atoms with van der Waals surface area (Å²) in [5.74, 6) is -1.55. The van der Waals surface area contributed by atoms with Gasteiger partial charge < -0.3 is 10.6 Å². The summed E-state index contributed by atoms with van der Waals surface area (Å²) < 4.78 is 37.6. The van der Waals surface area contributed by atoms with Crippen molar-refractivity contribution in [3.05, 3.63) is 24.0 Å². The van der Waals surface area contributed by atoms with E-state index in [1.807, 2.05) is 4.72 Å². The molecule has 21 heavy (non-hydrogen) atoms. The van der Waals surface area contributed by atoms with Crippen molar-refractivity contribution in [3.63, 3.8) is 0 Å². The fraction of sp³-hybridized carbons (Fsp3) is 0.333. The Morgan fingerprint density at radius 2 is 1.90 bits per heavy atom. The predicted octanol–water partition coefficient (Wildman–Crippen LogP) is 0.662. The van der Waals surface area contributed by atoms with Crippen molar-refractivity contribution in [2.75, 3.05) is 22.8 Å². The molecule has 0 aliphatic carbocycles. The van der Waals surface area contributed by atoms with Gasteiger partial charge in [-0.05, 0) is 18.2 Å². The highest BCUT2D eigenvalue weighted by molar-refractivity contribution is 7.92. The van der Waals surface area contributed by atoms with Gasteiger partial charge in [0.05, 0.1) is 18.5 Å². The van der Waals surface area contributed by atoms with E-state index in [0.717, 1.165) is 18.4 Å². The molecule has 0 bridgehead atoms. The molecule has 9 heteroatoms. The van der Waals surface area contributed by atoms with Gasteiger partial charge in [-0.15, -0.1) is 0 Å². The summed E-state index contributed by atoms with van der Waals surface area (Å²) in [6.45, 7) is 1.43. The van der Waals surface area contributed by atoms with E-state index in [0.29, 0.717) is 0 Å². The SMILES string of the molecule is CCC(=O)NCC(=O)Nc1ccc(F)c(NS(C)(=O)=O)c1. The van der Waals surface area contributed by atoms with Crippen LogP contribution in [0.3, 0.4) is 0 Å². The lowest BCUT2D eigenvalue weighted by Gasteiger charge is -2.10. The van der Waals surface area contributed by atoms with E-state index in [9.17, 15) is 22.4 Å². The zero-order valence-electron chi connectivity index (χ0n) is 11.6. The number of benzene rings is 1. The van der Waals surface area contributed by atoms with Crippen molar-refractivity contribution in [1.82, 2.24) is 5.32 Å². The number of halogens is 1. The number of amides is 2. The molecule has 1 aromatic rings. The molecule has 0 radical (unpaired) electrons. The first-order valence-electron chi connectivity index (χ1n) is 6.05. The number of sulfonamides is 1. The molecule has 0 unspecified atom stereocenters. The fourth-order valence-electron chi connectivity index (χ4n) is 1.39. The third kappa shape index (κ3) is 6.21. The quantitative estimate of drug-likeness (QED) is 0.717. The average molecular weight is 317 g/mol. The Morgan fingerprint density at radius 1 is 1.24 bits per heavy atom. The van der Waals surface area contributed by atoms with E-state index in [4.69, 9.17) is 0 Å². The van der Waals surface area contributed by atoms with Crippen LogP contribution < -0.4 is 15.4 Å². The maximum atomic E-state index is 13.4. The second-order valence-electron chi connectivity index (χ2n) is 4.25. The second kappa shape index (κ2) is 7.02. The lowest BCUT2D eigenvalue weighted by atomic mass is 10.2. The van der Waals surface area contributed by atoms with Crippen molar-refractivity contribution in [1.29, 1.82) is 0 Å². The van der Waals surface area contributed by atoms with Crippen LogP contribution in [0.5, 0.6) is 0 Å². The first kappa shape index (κ1) is 16.9. The topological polar surface area (TPSA) is 104 Å². The summed E-state index contributed by atoms with van der Waals surface area (Å²) in [4.78, 5) is 22.6. The Labute approximate surface area is 122 Å². The largest absolute Gasteiger partial charge is 0.347 e. The van der Waals surface area contributed by atoms with Crippen molar-refractivity contribution < 1.29 is 22.4 Å². The summed E-state index contributed by atoms with van der Waals surface area (Å²) in [5.41, 5.74) is -0.0637. The maximum absolute atomic E-state index is 13.4. The molecular weight excluding hydrogens is 301 g/mol. The van der Waals surface area contributed by atoms with E-state index in [-0.39, 0.29) is 30.2 Å². The van der Waals surface area contributed by atoms with Crippen LogP contribution in [0.15, 0.2) is 18.2 Å². The Balaban J connectivity index is 2.74. The molecule has 0 aliphatic heterocycles. The van der Waals surface area contributed by atoms with Gasteiger partial charge in [0.2, 0.25) is 21.8 Å². The van der Waals surface area contributed by atoms with Gasteiger partial charge in [0, 0.05) is 12.1 Å². The summed E-state index contributed by atoms with van der Waals surface area (Å²) in [5, 5.41) is 4.80. The minimum absolute atomic E-state index is 0.207. The van der Waals surface area contributed by atoms with Crippen LogP contribution in [0.4, 0.5) is 15.8 Å². The van der Waals surface area contributed by atoms with E-state index in [1.54, 1.807) is 6.92 Å². The van der Waals surface area contributed by atoms with E-state index < -0.39 is 21.7 Å². The zero-order chi connectivity index (χ0) is 16.0. The molecule has 0 saturated heterocycles. The van der Waals surface area contributed by atoms with Crippen molar-refractivity contribution in [3.8, 4) is 0 Å². The van der Waals surface area contributed by atoms with Crippen LogP contribution in [0.2, 0.25) is 0 Å². The monoisotopic (exact) mass is 317 g/mol. The first-order chi connectivity index (χ1) is 9.71. The Morgan fingerprint density at radius 3 is 2.48 bits per heavy atom. The molecule has 0 heterocycles. The maximum Gasteiger partial charge on any atom is 0.243 e. The van der Waals surface area contributed by atoms with Gasteiger partial charge in [0.15, 0.2) is 0 Å². The third-order valence-corrected chi connectivity index (χ3v) is 2.90. The lowest BCUT2D eigenvalue weighted by Crippen LogP contribution is -2.32. The number of carbonyl (C=O) groups is 2. The highest BCUT2D eigenvalue weighted by Crippen LogP contribution is 2.20. The first-order valence-corrected chi connectivity index (χ1v) is 7.94. The number of hydrogen-bond acceptors (Lipinski definition) is 4. The smallest absolute Gasteiger partial charge is 0.243 e. The fourth-order valence-corrected chi connectivity index (χ4v) is 1.95. The Hall–Kier alpha value is -2.16. The molecule has 1 rings (SSSR count). The summed E-state index contributed by atoms with van der Waals surface area (Å²) in [6, 6.07) is 3.45. The molecule has 0 spiro atoms. The van der Waals surface area contributed by atoms with E-state index in [1.165, 1.54) is 6.07 Å². The van der Waals surface area contributed by atoms with Crippen molar-refractivity contribution in [2.45, 2.75) is 13.3 Å². The standard InChI is InChI=1S/C12H16FN3O4S/c1-3-11(17)14-7-12(18)15-8-4-5-9(13)10(6-8)16-21(2,19)20/h4-6,16H,3,7H2,1-2H3,(H,14,17)(H,15,18). The van der Waals surface area contributed by atoms with Crippen LogP contribution in [0.25, 0.3) is 0 Å². The van der Waals surface area contributed by atoms with Crippen LogP contribution >= 0.6 is 0 Å². The molecule has 0 saturated carbocycles. The molecular formula is C12H16FN3O4S. The van der Waals surface area contributed by atoms with Gasteiger partial charge in [0.1, 0.15) is 5.82 Å². The lowest BCUT2D eigenvalue weighted by molar-refractivity contribution is -0.123. The molecule has 1 aromatic carbocycles. The minimum atomic E-state index is -3.63. The molecule has 2 amide bonds. The highest BCUT2D eigenvalue weighted by atomic mass is 32.2. The van der Waals surface area contributed by atoms with Gasteiger partial charge in [-0.25, -0.2) is 12.8 Å².